The van der Waals surface area contributed by atoms with Crippen LogP contribution in [-0.4, -0.2) is 0 Å². The van der Waals surface area contributed by atoms with Gasteiger partial charge >= 0.3 is 0 Å². The second-order valence-electron chi connectivity index (χ2n) is 15.7. The van der Waals surface area contributed by atoms with Crippen molar-refractivity contribution in [1.29, 1.82) is 0 Å². The first-order chi connectivity index (χ1) is 28.8. The van der Waals surface area contributed by atoms with Gasteiger partial charge in [0.15, 0.2) is 5.42 Å². The van der Waals surface area contributed by atoms with Crippen LogP contribution in [0.2, 0.25) is 0 Å². The van der Waals surface area contributed by atoms with Crippen molar-refractivity contribution in [2.75, 3.05) is 4.90 Å². The summed E-state index contributed by atoms with van der Waals surface area (Å²) in [4.78, 5) is 3.94. The number of nitrogens with zero attached hydrogens (tertiary/aromatic N) is 1. The third kappa shape index (κ3) is 5.32. The van der Waals surface area contributed by atoms with Gasteiger partial charge in [-0.3, -0.25) is 0 Å². The molecule has 3 aliphatic rings. The van der Waals surface area contributed by atoms with E-state index < -0.39 is 0 Å². The smallest absolute Gasteiger partial charge is 0.154 e. The maximum Gasteiger partial charge on any atom is 0.154 e. The summed E-state index contributed by atoms with van der Waals surface area (Å²) >= 11 is 1.95. The predicted octanol–water partition coefficient (Wildman–Crippen LogP) is 13.6. The molecule has 0 aliphatic heterocycles. The van der Waals surface area contributed by atoms with E-state index in [1.165, 1.54) is 75.6 Å². The van der Waals surface area contributed by atoms with Gasteiger partial charge in [-0.05, 0) is 89.7 Å². The second-order valence-corrected chi connectivity index (χ2v) is 16.8. The molecule has 0 N–H and O–H groups in total. The molecule has 0 bridgehead atoms. The van der Waals surface area contributed by atoms with Crippen molar-refractivity contribution in [3.8, 4) is 11.1 Å². The fourth-order valence-electron chi connectivity index (χ4n) is 9.73. The normalized spacial score (nSPS) is 17.4. The third-order valence-electron chi connectivity index (χ3n) is 12.5. The SMILES string of the molecule is C1=Cc2c(sc3ccccc23)C(c2ccc(N(C3=CCC(c4cccc5c4oc4ccccc45)C=C3)C3=c4oc5cccc(-c6ccccc6)c5c4=CCC3)cc2)C1. The molecule has 0 spiro atoms. The number of rotatable bonds is 6. The number of hydrogen-bond donors (Lipinski definition) is 0. The van der Waals surface area contributed by atoms with Gasteiger partial charge in [0.25, 0.3) is 0 Å². The molecule has 3 aromatic heterocycles. The molecule has 2 atom stereocenters. The Kier molecular flexibility index (Phi) is 7.80. The van der Waals surface area contributed by atoms with E-state index in [1.807, 2.05) is 17.4 Å². The highest BCUT2D eigenvalue weighted by molar-refractivity contribution is 7.19. The lowest BCUT2D eigenvalue weighted by Gasteiger charge is -2.31. The van der Waals surface area contributed by atoms with E-state index in [2.05, 4.69) is 175 Å². The Balaban J connectivity index is 0.982. The Morgan fingerprint density at radius 3 is 2.31 bits per heavy atom. The van der Waals surface area contributed by atoms with Crippen LogP contribution < -0.4 is 15.5 Å². The second kappa shape index (κ2) is 13.5. The van der Waals surface area contributed by atoms with E-state index in [4.69, 9.17) is 8.83 Å². The van der Waals surface area contributed by atoms with Crippen molar-refractivity contribution in [2.45, 2.75) is 37.5 Å². The van der Waals surface area contributed by atoms with Crippen molar-refractivity contribution in [1.82, 2.24) is 0 Å². The van der Waals surface area contributed by atoms with Gasteiger partial charge in [0, 0.05) is 59.7 Å². The molecule has 3 aliphatic carbocycles. The maximum atomic E-state index is 6.93. The zero-order valence-corrected chi connectivity index (χ0v) is 32.7. The van der Waals surface area contributed by atoms with Gasteiger partial charge in [-0.25, -0.2) is 0 Å². The number of hydrogen-bond acceptors (Lipinski definition) is 4. The topological polar surface area (TPSA) is 29.5 Å². The first-order valence-electron chi connectivity index (χ1n) is 20.4. The Hall–Kier alpha value is -6.62. The summed E-state index contributed by atoms with van der Waals surface area (Å²) in [7, 11) is 0. The summed E-state index contributed by atoms with van der Waals surface area (Å²) in [5.41, 5.74) is 13.7. The van der Waals surface area contributed by atoms with Gasteiger partial charge in [0.1, 0.15) is 16.7 Å². The summed E-state index contributed by atoms with van der Waals surface area (Å²) in [6, 6.07) is 50.3. The molecular formula is C54H39NO2S. The average molecular weight is 766 g/mol. The van der Waals surface area contributed by atoms with E-state index in [0.717, 1.165) is 53.5 Å². The average Bonchev–Trinajstić information content (AvgIpc) is 3.99. The minimum atomic E-state index is 0.201. The Morgan fingerprint density at radius 2 is 1.43 bits per heavy atom. The lowest BCUT2D eigenvalue weighted by atomic mass is 9.87. The van der Waals surface area contributed by atoms with Crippen LogP contribution in [0.15, 0.2) is 178 Å². The van der Waals surface area contributed by atoms with E-state index in [0.29, 0.717) is 5.92 Å². The predicted molar refractivity (Wildman–Crippen MR) is 243 cm³/mol. The molecular weight excluding hydrogens is 727 g/mol. The monoisotopic (exact) mass is 765 g/mol. The number of allylic oxidation sites excluding steroid dienone is 4. The first-order valence-corrected chi connectivity index (χ1v) is 21.3. The summed E-state index contributed by atoms with van der Waals surface area (Å²) in [6.07, 6.45) is 17.9. The molecule has 12 rings (SSSR count). The first kappa shape index (κ1) is 33.5. The fraction of sp³-hybridized carbons (Fsp3) is 0.111. The number of fused-ring (bicyclic) bond motifs is 9. The molecule has 3 nitrogen and oxygen atoms in total. The zero-order valence-electron chi connectivity index (χ0n) is 31.9. The van der Waals surface area contributed by atoms with Gasteiger partial charge in [-0.15, -0.1) is 11.3 Å². The van der Waals surface area contributed by atoms with Crippen LogP contribution in [0.3, 0.4) is 0 Å². The number of benzene rings is 6. The van der Waals surface area contributed by atoms with Crippen LogP contribution in [0.5, 0.6) is 0 Å². The molecule has 2 unspecified atom stereocenters. The lowest BCUT2D eigenvalue weighted by molar-refractivity contribution is 0.565. The molecule has 0 saturated carbocycles. The van der Waals surface area contributed by atoms with Crippen LogP contribution in [0.1, 0.15) is 59.1 Å². The van der Waals surface area contributed by atoms with Crippen LogP contribution >= 0.6 is 11.3 Å². The summed E-state index contributed by atoms with van der Waals surface area (Å²) < 4.78 is 14.8. The molecule has 58 heavy (non-hydrogen) atoms. The molecule has 9 aromatic rings. The van der Waals surface area contributed by atoms with Crippen LogP contribution in [0.4, 0.5) is 5.69 Å². The van der Waals surface area contributed by atoms with Gasteiger partial charge in [-0.2, -0.15) is 0 Å². The molecule has 278 valence electrons. The Morgan fingerprint density at radius 1 is 0.638 bits per heavy atom. The van der Waals surface area contributed by atoms with Gasteiger partial charge < -0.3 is 13.7 Å². The lowest BCUT2D eigenvalue weighted by Crippen LogP contribution is -2.35. The molecule has 0 saturated heterocycles. The van der Waals surface area contributed by atoms with Crippen molar-refractivity contribution in [2.24, 2.45) is 0 Å². The number of thiophene rings is 1. The molecule has 6 aromatic carbocycles. The summed E-state index contributed by atoms with van der Waals surface area (Å²) in [6.45, 7) is 0. The highest BCUT2D eigenvalue weighted by atomic mass is 32.1. The third-order valence-corrected chi connectivity index (χ3v) is 13.8. The molecule has 0 amide bonds. The number of para-hydroxylation sites is 2. The largest absolute Gasteiger partial charge is 0.456 e. The Labute approximate surface area is 340 Å². The van der Waals surface area contributed by atoms with Crippen LogP contribution in [0.25, 0.3) is 72.0 Å². The maximum absolute atomic E-state index is 6.93. The highest BCUT2D eigenvalue weighted by Crippen LogP contribution is 2.45. The fourth-order valence-corrected chi connectivity index (χ4v) is 11.1. The van der Waals surface area contributed by atoms with Crippen molar-refractivity contribution < 1.29 is 8.83 Å². The molecule has 0 fully saturated rings. The Bertz CT molecular complexity index is 3300. The standard InChI is InChI=1S/C54H39NO2S/c1-2-12-34(13-3-1)39-16-11-24-49-51(39)46-21-10-22-47(53(46)57-49)55(37-30-26-35(27-31-37)40-17-8-19-44-42-14-4-6-23-48(42)56-52(40)44)38-32-28-36(29-33-38)41-18-9-20-45-43-15-5-7-25-50(43)58-54(41)45/h1-9,11-17,19-21,23-26,28-33,35,41H,10,18,22,27H2. The molecule has 3 heterocycles. The minimum absolute atomic E-state index is 0.201. The molecule has 0 radical (unpaired) electrons. The highest BCUT2D eigenvalue weighted by Gasteiger charge is 2.27. The van der Waals surface area contributed by atoms with Crippen LogP contribution in [0, 0.1) is 0 Å². The molecule has 4 heteroatoms. The number of anilines is 1. The van der Waals surface area contributed by atoms with Gasteiger partial charge in [-0.1, -0.05) is 140 Å². The minimum Gasteiger partial charge on any atom is -0.456 e. The van der Waals surface area contributed by atoms with Gasteiger partial charge in [0.2, 0.25) is 0 Å². The van der Waals surface area contributed by atoms with E-state index >= 15 is 0 Å². The van der Waals surface area contributed by atoms with Crippen molar-refractivity contribution in [3.63, 3.8) is 0 Å². The van der Waals surface area contributed by atoms with Crippen LogP contribution in [-0.2, 0) is 0 Å². The number of furan rings is 2. The van der Waals surface area contributed by atoms with Crippen molar-refractivity contribution >= 4 is 77.9 Å². The summed E-state index contributed by atoms with van der Waals surface area (Å²) in [5, 5.41) is 6.09. The van der Waals surface area contributed by atoms with E-state index in [-0.39, 0.29) is 5.92 Å². The van der Waals surface area contributed by atoms with Crippen molar-refractivity contribution in [3.05, 3.63) is 202 Å². The van der Waals surface area contributed by atoms with E-state index in [1.54, 1.807) is 0 Å². The van der Waals surface area contributed by atoms with Gasteiger partial charge in [0.05, 0.1) is 5.70 Å². The summed E-state index contributed by atoms with van der Waals surface area (Å²) in [5.74, 6) is 0.540. The quantitative estimate of drug-likeness (QED) is 0.169. The zero-order chi connectivity index (χ0) is 38.2. The van der Waals surface area contributed by atoms with E-state index in [9.17, 15) is 0 Å².